The molecule has 3 N–H and O–H groups in total. The number of hydrogen-bond acceptors (Lipinski definition) is 3. The molecule has 0 saturated heterocycles. The first-order valence-electron chi connectivity index (χ1n) is 7.77. The van der Waals surface area contributed by atoms with Crippen molar-refractivity contribution in [2.24, 2.45) is 11.7 Å². The Bertz CT molecular complexity index is 251. The zero-order valence-corrected chi connectivity index (χ0v) is 11.9. The van der Waals surface area contributed by atoms with Crippen LogP contribution in [-0.2, 0) is 0 Å². The van der Waals surface area contributed by atoms with Crippen molar-refractivity contribution in [1.82, 2.24) is 4.90 Å². The van der Waals surface area contributed by atoms with Gasteiger partial charge in [0.2, 0.25) is 0 Å². The van der Waals surface area contributed by atoms with E-state index in [2.05, 4.69) is 11.9 Å². The molecule has 2 fully saturated rings. The smallest absolute Gasteiger partial charge is 0.0774 e. The van der Waals surface area contributed by atoms with E-state index < -0.39 is 5.60 Å². The van der Waals surface area contributed by atoms with E-state index in [-0.39, 0.29) is 0 Å². The largest absolute Gasteiger partial charge is 0.389 e. The summed E-state index contributed by atoms with van der Waals surface area (Å²) in [5, 5.41) is 10.7. The summed E-state index contributed by atoms with van der Waals surface area (Å²) in [6, 6.07) is 0.592. The zero-order valence-electron chi connectivity index (χ0n) is 11.9. The standard InChI is InChI=1S/C15H30N2O/c1-17(12-15(18)9-5-2-6-10-15)14-8-4-3-7-13(14)11-16/h13-14,18H,2-12,16H2,1H3. The van der Waals surface area contributed by atoms with Gasteiger partial charge in [-0.2, -0.15) is 0 Å². The van der Waals surface area contributed by atoms with E-state index in [1.165, 1.54) is 44.9 Å². The third-order valence-corrected chi connectivity index (χ3v) is 5.07. The highest BCUT2D eigenvalue weighted by Gasteiger charge is 2.34. The van der Waals surface area contributed by atoms with Gasteiger partial charge in [-0.1, -0.05) is 32.1 Å². The number of likely N-dealkylation sites (N-methyl/N-ethyl adjacent to an activating group) is 1. The van der Waals surface area contributed by atoms with Crippen molar-refractivity contribution >= 4 is 0 Å². The molecule has 2 rings (SSSR count). The van der Waals surface area contributed by atoms with E-state index in [0.717, 1.165) is 25.9 Å². The molecule has 0 heterocycles. The highest BCUT2D eigenvalue weighted by molar-refractivity contribution is 4.89. The first kappa shape index (κ1) is 14.3. The van der Waals surface area contributed by atoms with Crippen LogP contribution in [0.4, 0.5) is 0 Å². The molecule has 3 nitrogen and oxygen atoms in total. The van der Waals surface area contributed by atoms with Crippen LogP contribution in [0.25, 0.3) is 0 Å². The molecule has 2 aliphatic carbocycles. The Morgan fingerprint density at radius 1 is 1.11 bits per heavy atom. The van der Waals surface area contributed by atoms with Crippen molar-refractivity contribution in [3.63, 3.8) is 0 Å². The summed E-state index contributed by atoms with van der Waals surface area (Å²) < 4.78 is 0. The molecular weight excluding hydrogens is 224 g/mol. The van der Waals surface area contributed by atoms with Crippen molar-refractivity contribution in [3.05, 3.63) is 0 Å². The molecule has 2 atom stereocenters. The minimum atomic E-state index is -0.427. The lowest BCUT2D eigenvalue weighted by atomic mass is 9.81. The average molecular weight is 254 g/mol. The molecule has 2 saturated carbocycles. The van der Waals surface area contributed by atoms with Crippen molar-refractivity contribution in [2.75, 3.05) is 20.1 Å². The van der Waals surface area contributed by atoms with Crippen LogP contribution in [0.15, 0.2) is 0 Å². The summed E-state index contributed by atoms with van der Waals surface area (Å²) in [5.74, 6) is 0.635. The molecule has 0 spiro atoms. The second kappa shape index (κ2) is 6.36. The molecule has 0 radical (unpaired) electrons. The Morgan fingerprint density at radius 3 is 2.44 bits per heavy atom. The molecular formula is C15H30N2O. The number of rotatable bonds is 4. The summed E-state index contributed by atoms with van der Waals surface area (Å²) in [4.78, 5) is 2.40. The predicted octanol–water partition coefficient (Wildman–Crippen LogP) is 2.13. The molecule has 0 amide bonds. The number of nitrogens with two attached hydrogens (primary N) is 1. The SMILES string of the molecule is CN(CC1(O)CCCCC1)C1CCCCC1CN. The third kappa shape index (κ3) is 3.46. The predicted molar refractivity (Wildman–Crippen MR) is 75.5 cm³/mol. The number of aliphatic hydroxyl groups is 1. The van der Waals surface area contributed by atoms with E-state index in [1.54, 1.807) is 0 Å². The van der Waals surface area contributed by atoms with Crippen LogP contribution in [0.1, 0.15) is 57.8 Å². The molecule has 0 bridgehead atoms. The highest BCUT2D eigenvalue weighted by Crippen LogP contribution is 2.32. The van der Waals surface area contributed by atoms with Gasteiger partial charge in [0.1, 0.15) is 0 Å². The van der Waals surface area contributed by atoms with Gasteiger partial charge < -0.3 is 15.7 Å². The lowest BCUT2D eigenvalue weighted by Gasteiger charge is -2.42. The lowest BCUT2D eigenvalue weighted by molar-refractivity contribution is -0.0382. The topological polar surface area (TPSA) is 49.5 Å². The fourth-order valence-electron chi connectivity index (χ4n) is 3.99. The van der Waals surface area contributed by atoms with Crippen molar-refractivity contribution in [2.45, 2.75) is 69.4 Å². The minimum Gasteiger partial charge on any atom is -0.389 e. The Hall–Kier alpha value is -0.120. The first-order chi connectivity index (χ1) is 8.64. The molecule has 0 aromatic rings. The molecule has 0 aliphatic heterocycles. The van der Waals surface area contributed by atoms with E-state index in [4.69, 9.17) is 5.73 Å². The van der Waals surface area contributed by atoms with Gasteiger partial charge in [-0.15, -0.1) is 0 Å². The summed E-state index contributed by atoms with van der Waals surface area (Å²) in [6.45, 7) is 1.64. The molecule has 106 valence electrons. The van der Waals surface area contributed by atoms with E-state index >= 15 is 0 Å². The second-order valence-corrected chi connectivity index (χ2v) is 6.55. The van der Waals surface area contributed by atoms with E-state index in [9.17, 15) is 5.11 Å². The normalized spacial score (nSPS) is 32.7. The summed E-state index contributed by atoms with van der Waals surface area (Å²) in [5.41, 5.74) is 5.48. The van der Waals surface area contributed by atoms with Gasteiger partial charge in [0.05, 0.1) is 5.60 Å². The van der Waals surface area contributed by atoms with Crippen LogP contribution < -0.4 is 5.73 Å². The lowest BCUT2D eigenvalue weighted by Crippen LogP contribution is -2.50. The maximum Gasteiger partial charge on any atom is 0.0774 e. The molecule has 3 heteroatoms. The van der Waals surface area contributed by atoms with Gasteiger partial charge in [-0.05, 0) is 45.2 Å². The Kier molecular flexibility index (Phi) is 5.05. The molecule has 18 heavy (non-hydrogen) atoms. The molecule has 2 aliphatic rings. The van der Waals surface area contributed by atoms with Crippen LogP contribution in [0.2, 0.25) is 0 Å². The Balaban J connectivity index is 1.90. The second-order valence-electron chi connectivity index (χ2n) is 6.55. The van der Waals surface area contributed by atoms with Crippen LogP contribution >= 0.6 is 0 Å². The highest BCUT2D eigenvalue weighted by atomic mass is 16.3. The Labute approximate surface area is 112 Å². The Morgan fingerprint density at radius 2 is 1.78 bits per heavy atom. The van der Waals surface area contributed by atoms with Crippen molar-refractivity contribution in [3.8, 4) is 0 Å². The van der Waals surface area contributed by atoms with E-state index in [0.29, 0.717) is 12.0 Å². The molecule has 2 unspecified atom stereocenters. The van der Waals surface area contributed by atoms with Crippen LogP contribution in [-0.4, -0.2) is 41.8 Å². The van der Waals surface area contributed by atoms with Gasteiger partial charge >= 0.3 is 0 Å². The quantitative estimate of drug-likeness (QED) is 0.808. The van der Waals surface area contributed by atoms with Gasteiger partial charge in [0.25, 0.3) is 0 Å². The number of hydrogen-bond donors (Lipinski definition) is 2. The van der Waals surface area contributed by atoms with Crippen molar-refractivity contribution in [1.29, 1.82) is 0 Å². The average Bonchev–Trinajstić information content (AvgIpc) is 2.39. The minimum absolute atomic E-state index is 0.427. The van der Waals surface area contributed by atoms with Gasteiger partial charge in [-0.25, -0.2) is 0 Å². The number of nitrogens with zero attached hydrogens (tertiary/aromatic N) is 1. The fraction of sp³-hybridized carbons (Fsp3) is 1.00. The first-order valence-corrected chi connectivity index (χ1v) is 7.77. The van der Waals surface area contributed by atoms with Gasteiger partial charge in [-0.3, -0.25) is 0 Å². The summed E-state index contributed by atoms with van der Waals surface area (Å²) in [6.07, 6.45) is 10.8. The maximum absolute atomic E-state index is 10.7. The van der Waals surface area contributed by atoms with Gasteiger partial charge in [0.15, 0.2) is 0 Å². The van der Waals surface area contributed by atoms with Crippen molar-refractivity contribution < 1.29 is 5.11 Å². The molecule has 0 aromatic heterocycles. The summed E-state index contributed by atoms with van der Waals surface area (Å²) >= 11 is 0. The zero-order chi connectivity index (χ0) is 13.0. The molecule has 0 aromatic carbocycles. The maximum atomic E-state index is 10.7. The monoisotopic (exact) mass is 254 g/mol. The fourth-order valence-corrected chi connectivity index (χ4v) is 3.99. The van der Waals surface area contributed by atoms with E-state index in [1.807, 2.05) is 0 Å². The van der Waals surface area contributed by atoms with Crippen LogP contribution in [0.5, 0.6) is 0 Å². The third-order valence-electron chi connectivity index (χ3n) is 5.07. The summed E-state index contributed by atoms with van der Waals surface area (Å²) in [7, 11) is 2.19. The van der Waals surface area contributed by atoms with Crippen LogP contribution in [0, 0.1) is 5.92 Å². The van der Waals surface area contributed by atoms with Crippen LogP contribution in [0.3, 0.4) is 0 Å². The van der Waals surface area contributed by atoms with Gasteiger partial charge in [0, 0.05) is 12.6 Å².